The van der Waals surface area contributed by atoms with Crippen LogP contribution in [0.3, 0.4) is 0 Å². The van der Waals surface area contributed by atoms with Gasteiger partial charge in [0.25, 0.3) is 0 Å². The number of methoxy groups -OCH3 is 1. The van der Waals surface area contributed by atoms with Crippen LogP contribution < -0.4 is 15.8 Å². The molecule has 2 amide bonds. The maximum Gasteiger partial charge on any atom is 0.316 e. The van der Waals surface area contributed by atoms with Crippen molar-refractivity contribution in [2.45, 2.75) is 39.5 Å². The van der Waals surface area contributed by atoms with E-state index in [0.717, 1.165) is 33.7 Å². The average molecular weight is 326 g/mol. The molecule has 0 bridgehead atoms. The fraction of sp³-hybridized carbons (Fsp3) is 0.350. The molecule has 4 heteroatoms. The van der Waals surface area contributed by atoms with E-state index in [2.05, 4.69) is 45.1 Å². The van der Waals surface area contributed by atoms with E-state index in [0.29, 0.717) is 0 Å². The molecule has 0 aliphatic carbocycles. The number of carbonyl (C=O) groups is 1. The normalized spacial score (nSPS) is 11.0. The first-order valence-electron chi connectivity index (χ1n) is 8.22. The van der Waals surface area contributed by atoms with Gasteiger partial charge in [0, 0.05) is 11.3 Å². The first kappa shape index (κ1) is 17.9. The van der Waals surface area contributed by atoms with E-state index >= 15 is 0 Å². The van der Waals surface area contributed by atoms with Crippen LogP contribution in [-0.4, -0.2) is 13.1 Å². The number of nitrogens with one attached hydrogen (secondary N) is 1. The number of carbonyl (C=O) groups excluding carboxylic acids is 1. The SMILES string of the molecule is COc1ccccc1-c1cc(C(C)C)c(NC(N)=O)c(C(C)C)c1. The second-order valence-corrected chi connectivity index (χ2v) is 6.53. The van der Waals surface area contributed by atoms with Crippen molar-refractivity contribution in [3.05, 3.63) is 47.5 Å². The van der Waals surface area contributed by atoms with E-state index in [4.69, 9.17) is 10.5 Å². The van der Waals surface area contributed by atoms with Crippen molar-refractivity contribution in [2.24, 2.45) is 5.73 Å². The Morgan fingerprint density at radius 2 is 1.58 bits per heavy atom. The molecule has 0 spiro atoms. The monoisotopic (exact) mass is 326 g/mol. The number of rotatable bonds is 5. The number of primary amides is 1. The predicted octanol–water partition coefficient (Wildman–Crippen LogP) is 5.10. The molecule has 0 aliphatic heterocycles. The Bertz CT molecular complexity index is 707. The van der Waals surface area contributed by atoms with E-state index in [1.54, 1.807) is 7.11 Å². The maximum atomic E-state index is 11.5. The van der Waals surface area contributed by atoms with Crippen LogP contribution in [0.2, 0.25) is 0 Å². The number of nitrogens with two attached hydrogens (primary N) is 1. The van der Waals surface area contributed by atoms with Gasteiger partial charge in [-0.15, -0.1) is 0 Å². The van der Waals surface area contributed by atoms with Crippen LogP contribution in [0.1, 0.15) is 50.7 Å². The molecular formula is C20H26N2O2. The van der Waals surface area contributed by atoms with Crippen LogP contribution >= 0.6 is 0 Å². The molecule has 2 rings (SSSR count). The van der Waals surface area contributed by atoms with Gasteiger partial charge < -0.3 is 15.8 Å². The molecule has 2 aromatic carbocycles. The zero-order valence-corrected chi connectivity index (χ0v) is 15.0. The molecule has 3 N–H and O–H groups in total. The Hall–Kier alpha value is -2.49. The van der Waals surface area contributed by atoms with Crippen LogP contribution in [0.25, 0.3) is 11.1 Å². The summed E-state index contributed by atoms with van der Waals surface area (Å²) in [5.74, 6) is 1.33. The Morgan fingerprint density at radius 1 is 1.04 bits per heavy atom. The van der Waals surface area contributed by atoms with Crippen molar-refractivity contribution in [3.8, 4) is 16.9 Å². The van der Waals surface area contributed by atoms with E-state index in [1.807, 2.05) is 24.3 Å². The number of hydrogen-bond donors (Lipinski definition) is 2. The minimum Gasteiger partial charge on any atom is -0.496 e. The molecule has 0 aromatic heterocycles. The molecule has 2 aromatic rings. The highest BCUT2D eigenvalue weighted by Gasteiger charge is 2.18. The zero-order valence-electron chi connectivity index (χ0n) is 15.0. The van der Waals surface area contributed by atoms with Crippen molar-refractivity contribution < 1.29 is 9.53 Å². The lowest BCUT2D eigenvalue weighted by Gasteiger charge is -2.22. The lowest BCUT2D eigenvalue weighted by atomic mass is 9.88. The van der Waals surface area contributed by atoms with Crippen molar-refractivity contribution >= 4 is 11.7 Å². The molecule has 0 saturated heterocycles. The minimum atomic E-state index is -0.538. The molecule has 0 aliphatic rings. The van der Waals surface area contributed by atoms with E-state index < -0.39 is 6.03 Å². The standard InChI is InChI=1S/C20H26N2O2/c1-12(2)16-10-14(15-8-6-7-9-18(15)24-5)11-17(13(3)4)19(16)22-20(21)23/h6-13H,1-5H3,(H3,21,22,23). The van der Waals surface area contributed by atoms with Gasteiger partial charge in [0.2, 0.25) is 0 Å². The quantitative estimate of drug-likeness (QED) is 0.803. The summed E-state index contributed by atoms with van der Waals surface area (Å²) < 4.78 is 5.51. The van der Waals surface area contributed by atoms with Crippen LogP contribution in [0.15, 0.2) is 36.4 Å². The van der Waals surface area contributed by atoms with Crippen molar-refractivity contribution in [1.82, 2.24) is 0 Å². The van der Waals surface area contributed by atoms with E-state index in [1.165, 1.54) is 0 Å². The van der Waals surface area contributed by atoms with Crippen molar-refractivity contribution in [1.29, 1.82) is 0 Å². The lowest BCUT2D eigenvalue weighted by molar-refractivity contribution is 0.259. The van der Waals surface area contributed by atoms with Crippen LogP contribution in [0.4, 0.5) is 10.5 Å². The third-order valence-electron chi connectivity index (χ3n) is 4.11. The van der Waals surface area contributed by atoms with Crippen LogP contribution in [-0.2, 0) is 0 Å². The van der Waals surface area contributed by atoms with E-state index in [9.17, 15) is 4.79 Å². The Balaban J connectivity index is 2.73. The Kier molecular flexibility index (Phi) is 5.50. The number of para-hydroxylation sites is 1. The fourth-order valence-electron chi connectivity index (χ4n) is 2.90. The molecule has 0 heterocycles. The molecule has 24 heavy (non-hydrogen) atoms. The second kappa shape index (κ2) is 7.39. The molecule has 0 saturated carbocycles. The number of ether oxygens (including phenoxy) is 1. The zero-order chi connectivity index (χ0) is 17.9. The van der Waals surface area contributed by atoms with Gasteiger partial charge in [0.05, 0.1) is 7.11 Å². The predicted molar refractivity (Wildman–Crippen MR) is 99.8 cm³/mol. The molecule has 0 unspecified atom stereocenters. The highest BCUT2D eigenvalue weighted by atomic mass is 16.5. The van der Waals surface area contributed by atoms with Gasteiger partial charge in [-0.25, -0.2) is 4.79 Å². The summed E-state index contributed by atoms with van der Waals surface area (Å²) in [5.41, 5.74) is 10.5. The average Bonchev–Trinajstić information content (AvgIpc) is 2.53. The Morgan fingerprint density at radius 3 is 2.04 bits per heavy atom. The summed E-state index contributed by atoms with van der Waals surface area (Å²) in [7, 11) is 1.68. The van der Waals surface area contributed by atoms with Gasteiger partial charge >= 0.3 is 6.03 Å². The highest BCUT2D eigenvalue weighted by Crippen LogP contribution is 2.39. The smallest absolute Gasteiger partial charge is 0.316 e. The topological polar surface area (TPSA) is 64.3 Å². The summed E-state index contributed by atoms with van der Waals surface area (Å²) >= 11 is 0. The lowest BCUT2D eigenvalue weighted by Crippen LogP contribution is -2.22. The minimum absolute atomic E-state index is 0.249. The van der Waals surface area contributed by atoms with Gasteiger partial charge in [-0.05, 0) is 46.7 Å². The summed E-state index contributed by atoms with van der Waals surface area (Å²) in [6.45, 7) is 8.43. The molecule has 4 nitrogen and oxygen atoms in total. The Labute approximate surface area is 144 Å². The third-order valence-corrected chi connectivity index (χ3v) is 4.11. The van der Waals surface area contributed by atoms with Crippen LogP contribution in [0.5, 0.6) is 5.75 Å². The summed E-state index contributed by atoms with van der Waals surface area (Å²) in [6.07, 6.45) is 0. The van der Waals surface area contributed by atoms with Crippen molar-refractivity contribution in [3.63, 3.8) is 0 Å². The number of hydrogen-bond acceptors (Lipinski definition) is 2. The first-order chi connectivity index (χ1) is 11.3. The summed E-state index contributed by atoms with van der Waals surface area (Å²) in [6, 6.07) is 11.6. The van der Waals surface area contributed by atoms with Crippen LogP contribution in [0, 0.1) is 0 Å². The van der Waals surface area contributed by atoms with Gasteiger partial charge in [-0.3, -0.25) is 0 Å². The molecule has 0 atom stereocenters. The number of amides is 2. The second-order valence-electron chi connectivity index (χ2n) is 6.53. The summed E-state index contributed by atoms with van der Waals surface area (Å²) in [5, 5.41) is 2.82. The molecule has 0 fully saturated rings. The number of benzene rings is 2. The van der Waals surface area contributed by atoms with Gasteiger partial charge in [-0.1, -0.05) is 45.9 Å². The third kappa shape index (κ3) is 3.70. The maximum absolute atomic E-state index is 11.5. The highest BCUT2D eigenvalue weighted by molar-refractivity contribution is 5.91. The first-order valence-corrected chi connectivity index (χ1v) is 8.22. The van der Waals surface area contributed by atoms with Gasteiger partial charge in [0.15, 0.2) is 0 Å². The number of urea groups is 1. The molecule has 0 radical (unpaired) electrons. The molecule has 128 valence electrons. The van der Waals surface area contributed by atoms with Gasteiger partial charge in [-0.2, -0.15) is 0 Å². The van der Waals surface area contributed by atoms with Gasteiger partial charge in [0.1, 0.15) is 5.75 Å². The largest absolute Gasteiger partial charge is 0.496 e. The molecular weight excluding hydrogens is 300 g/mol. The van der Waals surface area contributed by atoms with E-state index in [-0.39, 0.29) is 11.8 Å². The summed E-state index contributed by atoms with van der Waals surface area (Å²) in [4.78, 5) is 11.5. The number of anilines is 1. The fourth-order valence-corrected chi connectivity index (χ4v) is 2.90. The van der Waals surface area contributed by atoms with Crippen molar-refractivity contribution in [2.75, 3.05) is 12.4 Å².